The summed E-state index contributed by atoms with van der Waals surface area (Å²) < 4.78 is 29.0. The number of aromatic nitrogens is 1. The smallest absolute Gasteiger partial charge is 0.164 e. The van der Waals surface area contributed by atoms with Crippen LogP contribution in [-0.4, -0.2) is 54.2 Å². The third kappa shape index (κ3) is 4.98. The van der Waals surface area contributed by atoms with Gasteiger partial charge in [-0.1, -0.05) is 19.0 Å². The summed E-state index contributed by atoms with van der Waals surface area (Å²) in [5.41, 5.74) is 0.848. The van der Waals surface area contributed by atoms with E-state index in [2.05, 4.69) is 24.3 Å². The van der Waals surface area contributed by atoms with Crippen LogP contribution in [0.3, 0.4) is 0 Å². The van der Waals surface area contributed by atoms with Crippen LogP contribution in [0.15, 0.2) is 10.6 Å². The van der Waals surface area contributed by atoms with Crippen LogP contribution < -0.4 is 5.32 Å². The van der Waals surface area contributed by atoms with Gasteiger partial charge in [-0.2, -0.15) is 11.8 Å². The van der Waals surface area contributed by atoms with Crippen molar-refractivity contribution in [3.63, 3.8) is 0 Å². The molecule has 1 fully saturated rings. The number of nitrogens with one attached hydrogen (secondary N) is 1. The molecule has 1 aliphatic heterocycles. The van der Waals surface area contributed by atoms with Gasteiger partial charge in [0.15, 0.2) is 15.6 Å². The third-order valence-electron chi connectivity index (χ3n) is 3.34. The van der Waals surface area contributed by atoms with Crippen LogP contribution in [0, 0.1) is 0 Å². The minimum absolute atomic E-state index is 0.388. The maximum atomic E-state index is 11.9. The lowest BCUT2D eigenvalue weighted by molar-refractivity contribution is 0.227. The predicted octanol–water partition coefficient (Wildman–Crippen LogP) is 1.09. The van der Waals surface area contributed by atoms with Crippen molar-refractivity contribution in [3.05, 3.63) is 17.5 Å². The molecular weight excluding hydrogens is 310 g/mol. The first kappa shape index (κ1) is 16.8. The molecule has 1 saturated heterocycles. The molecule has 1 unspecified atom stereocenters. The van der Waals surface area contributed by atoms with Crippen molar-refractivity contribution in [2.45, 2.75) is 38.4 Å². The number of rotatable bonds is 6. The molecular formula is C13H23N3O3S2. The Morgan fingerprint density at radius 1 is 1.57 bits per heavy atom. The summed E-state index contributed by atoms with van der Waals surface area (Å²) in [6.07, 6.45) is 1.30. The largest absolute Gasteiger partial charge is 0.360 e. The fraction of sp³-hybridized carbons (Fsp3) is 0.769. The monoisotopic (exact) mass is 333 g/mol. The lowest BCUT2D eigenvalue weighted by Gasteiger charge is -2.33. The Morgan fingerprint density at radius 3 is 3.00 bits per heavy atom. The molecule has 0 radical (unpaired) electrons. The Labute approximate surface area is 130 Å². The van der Waals surface area contributed by atoms with E-state index in [4.69, 9.17) is 4.52 Å². The molecule has 8 heteroatoms. The average molecular weight is 333 g/mol. The van der Waals surface area contributed by atoms with Crippen LogP contribution in [-0.2, 0) is 22.9 Å². The molecule has 0 aliphatic carbocycles. The van der Waals surface area contributed by atoms with Crippen molar-refractivity contribution < 1.29 is 12.9 Å². The summed E-state index contributed by atoms with van der Waals surface area (Å²) in [6, 6.07) is 2.29. The second kappa shape index (κ2) is 7.13. The van der Waals surface area contributed by atoms with E-state index < -0.39 is 15.2 Å². The maximum Gasteiger partial charge on any atom is 0.164 e. The molecule has 6 nitrogen and oxygen atoms in total. The quantitative estimate of drug-likeness (QED) is 0.835. The van der Waals surface area contributed by atoms with Crippen LogP contribution >= 0.6 is 11.8 Å². The van der Waals surface area contributed by atoms with Crippen molar-refractivity contribution in [2.75, 3.05) is 24.3 Å². The highest BCUT2D eigenvalue weighted by Gasteiger charge is 2.31. The van der Waals surface area contributed by atoms with Gasteiger partial charge in [0, 0.05) is 43.0 Å². The first-order valence-electron chi connectivity index (χ1n) is 7.05. The zero-order valence-electron chi connectivity index (χ0n) is 12.7. The SMILES string of the molecule is CC(C)NCc1cc(CN2CCSCC2S(C)(=O)=O)on1. The van der Waals surface area contributed by atoms with E-state index in [-0.39, 0.29) is 0 Å². The molecule has 0 amide bonds. The van der Waals surface area contributed by atoms with E-state index in [1.54, 1.807) is 11.8 Å². The Morgan fingerprint density at radius 2 is 2.33 bits per heavy atom. The van der Waals surface area contributed by atoms with Gasteiger partial charge in [0.1, 0.15) is 5.37 Å². The van der Waals surface area contributed by atoms with Gasteiger partial charge in [-0.05, 0) is 0 Å². The van der Waals surface area contributed by atoms with Crippen LogP contribution in [0.4, 0.5) is 0 Å². The van der Waals surface area contributed by atoms with Crippen molar-refractivity contribution in [1.29, 1.82) is 0 Å². The van der Waals surface area contributed by atoms with Crippen molar-refractivity contribution >= 4 is 21.6 Å². The Hall–Kier alpha value is -0.570. The molecule has 1 atom stereocenters. The molecule has 1 aromatic heterocycles. The van der Waals surface area contributed by atoms with E-state index in [0.717, 1.165) is 23.8 Å². The van der Waals surface area contributed by atoms with Crippen LogP contribution in [0.5, 0.6) is 0 Å². The summed E-state index contributed by atoms with van der Waals surface area (Å²) in [7, 11) is -3.08. The number of thioether (sulfide) groups is 1. The summed E-state index contributed by atoms with van der Waals surface area (Å²) >= 11 is 1.68. The van der Waals surface area contributed by atoms with Crippen LogP contribution in [0.2, 0.25) is 0 Å². The molecule has 1 aromatic rings. The number of sulfone groups is 1. The molecule has 120 valence electrons. The highest BCUT2D eigenvalue weighted by molar-refractivity contribution is 8.00. The van der Waals surface area contributed by atoms with Crippen LogP contribution in [0.1, 0.15) is 25.3 Å². The summed E-state index contributed by atoms with van der Waals surface area (Å²) in [6.45, 7) is 6.05. The van der Waals surface area contributed by atoms with Crippen molar-refractivity contribution in [2.24, 2.45) is 0 Å². The average Bonchev–Trinajstić information content (AvgIpc) is 2.83. The molecule has 0 aromatic carbocycles. The van der Waals surface area contributed by atoms with E-state index in [1.165, 1.54) is 6.26 Å². The minimum atomic E-state index is -3.08. The predicted molar refractivity (Wildman–Crippen MR) is 84.8 cm³/mol. The van der Waals surface area contributed by atoms with Crippen molar-refractivity contribution in [3.8, 4) is 0 Å². The molecule has 0 bridgehead atoms. The van der Waals surface area contributed by atoms with Gasteiger partial charge in [0.25, 0.3) is 0 Å². The fourth-order valence-corrected chi connectivity index (χ4v) is 5.15. The van der Waals surface area contributed by atoms with Crippen molar-refractivity contribution in [1.82, 2.24) is 15.4 Å². The topological polar surface area (TPSA) is 75.4 Å². The first-order valence-corrected chi connectivity index (χ1v) is 10.2. The van der Waals surface area contributed by atoms with Gasteiger partial charge in [0.05, 0.1) is 12.2 Å². The molecule has 0 saturated carbocycles. The number of nitrogens with zero attached hydrogens (tertiary/aromatic N) is 2. The van der Waals surface area contributed by atoms with Gasteiger partial charge < -0.3 is 9.84 Å². The fourth-order valence-electron chi connectivity index (χ4n) is 2.21. The Bertz CT molecular complexity index is 557. The molecule has 21 heavy (non-hydrogen) atoms. The molecule has 1 N–H and O–H groups in total. The third-order valence-corrected chi connectivity index (χ3v) is 6.03. The maximum absolute atomic E-state index is 11.9. The first-order chi connectivity index (χ1) is 9.86. The van der Waals surface area contributed by atoms with E-state index >= 15 is 0 Å². The van der Waals surface area contributed by atoms with Gasteiger partial charge >= 0.3 is 0 Å². The normalized spacial score (nSPS) is 21.0. The van der Waals surface area contributed by atoms with E-state index in [1.807, 2.05) is 11.0 Å². The lowest BCUT2D eigenvalue weighted by atomic mass is 10.3. The van der Waals surface area contributed by atoms with Gasteiger partial charge in [0.2, 0.25) is 0 Å². The second-order valence-electron chi connectivity index (χ2n) is 5.65. The summed E-state index contributed by atoms with van der Waals surface area (Å²) in [4.78, 5) is 1.96. The highest BCUT2D eigenvalue weighted by Crippen LogP contribution is 2.22. The van der Waals surface area contributed by atoms with Gasteiger partial charge in [-0.25, -0.2) is 8.42 Å². The zero-order valence-corrected chi connectivity index (χ0v) is 14.3. The highest BCUT2D eigenvalue weighted by atomic mass is 32.2. The van der Waals surface area contributed by atoms with E-state index in [9.17, 15) is 8.42 Å². The van der Waals surface area contributed by atoms with Crippen LogP contribution in [0.25, 0.3) is 0 Å². The summed E-state index contributed by atoms with van der Waals surface area (Å²) in [5, 5.41) is 6.87. The van der Waals surface area contributed by atoms with Gasteiger partial charge in [-0.15, -0.1) is 0 Å². The van der Waals surface area contributed by atoms with E-state index in [0.29, 0.717) is 24.9 Å². The number of hydrogen-bond donors (Lipinski definition) is 1. The summed E-state index contributed by atoms with van der Waals surface area (Å²) in [5.74, 6) is 2.28. The minimum Gasteiger partial charge on any atom is -0.360 e. The molecule has 2 heterocycles. The van der Waals surface area contributed by atoms with Gasteiger partial charge in [-0.3, -0.25) is 4.90 Å². The Balaban J connectivity index is 1.99. The number of hydrogen-bond acceptors (Lipinski definition) is 7. The lowest BCUT2D eigenvalue weighted by Crippen LogP contribution is -2.46. The second-order valence-corrected chi connectivity index (χ2v) is 9.00. The molecule has 0 spiro atoms. The zero-order chi connectivity index (χ0) is 15.5. The molecule has 2 rings (SSSR count). The standard InChI is InChI=1S/C13H23N3O3S2/c1-10(2)14-7-11-6-12(19-15-11)8-16-4-5-20-9-13(16)21(3,17)18/h6,10,13-14H,4-5,7-9H2,1-3H3. The Kier molecular flexibility index (Phi) is 5.70. The molecule has 1 aliphatic rings.